The lowest BCUT2D eigenvalue weighted by Gasteiger charge is -2.09. The van der Waals surface area contributed by atoms with E-state index in [1.807, 2.05) is 19.9 Å². The van der Waals surface area contributed by atoms with Crippen LogP contribution >= 0.6 is 23.1 Å². The topological polar surface area (TPSA) is 73.8 Å². The molecule has 6 nitrogen and oxygen atoms in total. The molecule has 0 spiro atoms. The van der Waals surface area contributed by atoms with Gasteiger partial charge in [-0.1, -0.05) is 65.8 Å². The smallest absolute Gasteiger partial charge is 0.272 e. The zero-order valence-electron chi connectivity index (χ0n) is 18.6. The van der Waals surface area contributed by atoms with E-state index in [1.54, 1.807) is 16.7 Å². The maximum atomic E-state index is 13.5. The quantitative estimate of drug-likeness (QED) is 0.195. The fourth-order valence-electron chi connectivity index (χ4n) is 3.57. The summed E-state index contributed by atoms with van der Waals surface area (Å²) in [6.45, 7) is 4.65. The Balaban J connectivity index is 1.45. The molecular formula is C25H21FN4O2S2. The number of benzene rings is 2. The Morgan fingerprint density at radius 3 is 2.68 bits per heavy atom. The number of hydrogen-bond acceptors (Lipinski definition) is 7. The van der Waals surface area contributed by atoms with Gasteiger partial charge in [0.05, 0.1) is 11.3 Å². The summed E-state index contributed by atoms with van der Waals surface area (Å²) in [7, 11) is 0. The molecule has 0 saturated carbocycles. The summed E-state index contributed by atoms with van der Waals surface area (Å²) in [5.74, 6) is 0.691. The first kappa shape index (κ1) is 22.5. The van der Waals surface area contributed by atoms with E-state index in [0.29, 0.717) is 44.9 Å². The molecule has 5 aromatic rings. The second-order valence-corrected chi connectivity index (χ2v) is 9.85. The molecule has 3 heterocycles. The Kier molecular flexibility index (Phi) is 6.30. The first-order chi connectivity index (χ1) is 16.5. The molecule has 0 aliphatic rings. The fourth-order valence-corrected chi connectivity index (χ4v) is 5.48. The predicted octanol–water partition coefficient (Wildman–Crippen LogP) is 6.32. The molecule has 0 fully saturated rings. The van der Waals surface area contributed by atoms with Crippen LogP contribution in [0, 0.1) is 12.7 Å². The molecule has 172 valence electrons. The van der Waals surface area contributed by atoms with Gasteiger partial charge in [0.25, 0.3) is 5.56 Å². The molecule has 0 atom stereocenters. The van der Waals surface area contributed by atoms with Crippen molar-refractivity contribution in [3.63, 3.8) is 0 Å². The molecule has 0 radical (unpaired) electrons. The Bertz CT molecular complexity index is 1520. The van der Waals surface area contributed by atoms with Gasteiger partial charge in [-0.15, -0.1) is 11.3 Å². The van der Waals surface area contributed by atoms with Gasteiger partial charge in [0.1, 0.15) is 10.5 Å². The largest absolute Gasteiger partial charge is 0.338 e. The Morgan fingerprint density at radius 1 is 1.09 bits per heavy atom. The molecule has 5 rings (SSSR count). The molecule has 34 heavy (non-hydrogen) atoms. The highest BCUT2D eigenvalue weighted by molar-refractivity contribution is 7.98. The van der Waals surface area contributed by atoms with E-state index >= 15 is 0 Å². The standard InChI is InChI=1S/C25H21FN4O2S2/c1-3-11-30-24(31)22-19(13-20(34-22)16-9-7-15(2)8-10-16)27-25(30)33-14-21-28-23(29-32-21)17-5-4-6-18(26)12-17/h4-10,12-13H,3,11,14H2,1-2H3. The zero-order valence-corrected chi connectivity index (χ0v) is 20.3. The van der Waals surface area contributed by atoms with Gasteiger partial charge in [0, 0.05) is 17.0 Å². The molecule has 0 saturated heterocycles. The number of rotatable bonds is 7. The first-order valence-electron chi connectivity index (χ1n) is 10.8. The number of aryl methyl sites for hydroxylation is 1. The van der Waals surface area contributed by atoms with Crippen LogP contribution in [0.5, 0.6) is 0 Å². The van der Waals surface area contributed by atoms with Crippen LogP contribution in [0.15, 0.2) is 69.1 Å². The van der Waals surface area contributed by atoms with E-state index in [4.69, 9.17) is 9.51 Å². The molecule has 0 aliphatic carbocycles. The molecule has 3 aromatic heterocycles. The summed E-state index contributed by atoms with van der Waals surface area (Å²) in [5.41, 5.74) is 3.45. The second kappa shape index (κ2) is 9.52. The van der Waals surface area contributed by atoms with Crippen LogP contribution in [0.4, 0.5) is 4.39 Å². The number of aromatic nitrogens is 4. The van der Waals surface area contributed by atoms with Crippen LogP contribution in [0.2, 0.25) is 0 Å². The summed E-state index contributed by atoms with van der Waals surface area (Å²) in [4.78, 5) is 23.5. The van der Waals surface area contributed by atoms with Crippen molar-refractivity contribution >= 4 is 33.3 Å². The van der Waals surface area contributed by atoms with Crippen molar-refractivity contribution in [1.82, 2.24) is 19.7 Å². The lowest BCUT2D eigenvalue weighted by molar-refractivity contribution is 0.391. The molecular weight excluding hydrogens is 471 g/mol. The van der Waals surface area contributed by atoms with Gasteiger partial charge in [0.15, 0.2) is 5.16 Å². The Morgan fingerprint density at radius 2 is 1.91 bits per heavy atom. The summed E-state index contributed by atoms with van der Waals surface area (Å²) < 4.78 is 21.2. The van der Waals surface area contributed by atoms with Crippen LogP contribution < -0.4 is 5.56 Å². The predicted molar refractivity (Wildman–Crippen MR) is 134 cm³/mol. The third kappa shape index (κ3) is 4.53. The van der Waals surface area contributed by atoms with Crippen LogP contribution in [-0.2, 0) is 12.3 Å². The van der Waals surface area contributed by atoms with Gasteiger partial charge in [-0.3, -0.25) is 9.36 Å². The van der Waals surface area contributed by atoms with Crippen molar-refractivity contribution < 1.29 is 8.91 Å². The van der Waals surface area contributed by atoms with Gasteiger partial charge < -0.3 is 4.52 Å². The van der Waals surface area contributed by atoms with Gasteiger partial charge >= 0.3 is 0 Å². The maximum absolute atomic E-state index is 13.5. The third-order valence-corrected chi connectivity index (χ3v) is 7.38. The van der Waals surface area contributed by atoms with Crippen LogP contribution in [0.25, 0.3) is 32.0 Å². The molecule has 0 bridgehead atoms. The highest BCUT2D eigenvalue weighted by atomic mass is 32.2. The van der Waals surface area contributed by atoms with E-state index in [9.17, 15) is 9.18 Å². The summed E-state index contributed by atoms with van der Waals surface area (Å²) in [6.07, 6.45) is 0.807. The number of thioether (sulfide) groups is 1. The van der Waals surface area contributed by atoms with Gasteiger partial charge in [-0.25, -0.2) is 9.37 Å². The fraction of sp³-hybridized carbons (Fsp3) is 0.200. The van der Waals surface area contributed by atoms with E-state index in [0.717, 1.165) is 16.9 Å². The van der Waals surface area contributed by atoms with Crippen LogP contribution in [0.1, 0.15) is 24.8 Å². The van der Waals surface area contributed by atoms with Crippen molar-refractivity contribution in [3.8, 4) is 21.8 Å². The van der Waals surface area contributed by atoms with Gasteiger partial charge in [-0.2, -0.15) is 4.98 Å². The van der Waals surface area contributed by atoms with E-state index < -0.39 is 0 Å². The summed E-state index contributed by atoms with van der Waals surface area (Å²) in [5, 5.41) is 4.57. The van der Waals surface area contributed by atoms with Gasteiger partial charge in [-0.05, 0) is 37.1 Å². The van der Waals surface area contributed by atoms with E-state index in [2.05, 4.69) is 34.4 Å². The van der Waals surface area contributed by atoms with Crippen LogP contribution in [0.3, 0.4) is 0 Å². The average Bonchev–Trinajstić information content (AvgIpc) is 3.48. The number of fused-ring (bicyclic) bond motifs is 1. The molecule has 9 heteroatoms. The number of nitrogens with zero attached hydrogens (tertiary/aromatic N) is 4. The van der Waals surface area contributed by atoms with Crippen molar-refractivity contribution in [2.24, 2.45) is 0 Å². The lowest BCUT2D eigenvalue weighted by Crippen LogP contribution is -2.22. The van der Waals surface area contributed by atoms with Crippen molar-refractivity contribution in [3.05, 3.63) is 82.2 Å². The molecule has 0 N–H and O–H groups in total. The summed E-state index contributed by atoms with van der Waals surface area (Å²) in [6, 6.07) is 16.3. The normalized spacial score (nSPS) is 11.4. The molecule has 0 aliphatic heterocycles. The number of hydrogen-bond donors (Lipinski definition) is 0. The Hall–Kier alpha value is -3.30. The third-order valence-electron chi connectivity index (χ3n) is 5.26. The zero-order chi connectivity index (χ0) is 23.7. The SMILES string of the molecule is CCCn1c(SCc2nc(-c3cccc(F)c3)no2)nc2cc(-c3ccc(C)cc3)sc2c1=O. The summed E-state index contributed by atoms with van der Waals surface area (Å²) >= 11 is 2.85. The van der Waals surface area contributed by atoms with Crippen LogP contribution in [-0.4, -0.2) is 19.7 Å². The molecule has 2 aromatic carbocycles. The van der Waals surface area contributed by atoms with Crippen molar-refractivity contribution in [2.45, 2.75) is 37.7 Å². The van der Waals surface area contributed by atoms with Gasteiger partial charge in [0.2, 0.25) is 11.7 Å². The average molecular weight is 493 g/mol. The number of halogens is 1. The lowest BCUT2D eigenvalue weighted by atomic mass is 10.1. The van der Waals surface area contributed by atoms with Crippen molar-refractivity contribution in [1.29, 1.82) is 0 Å². The minimum absolute atomic E-state index is 0.0382. The van der Waals surface area contributed by atoms with Crippen molar-refractivity contribution in [2.75, 3.05) is 0 Å². The highest BCUT2D eigenvalue weighted by Gasteiger charge is 2.17. The maximum Gasteiger partial charge on any atom is 0.272 e. The van der Waals surface area contributed by atoms with E-state index in [-0.39, 0.29) is 11.4 Å². The molecule has 0 unspecified atom stereocenters. The minimum atomic E-state index is -0.361. The Labute approximate surface area is 203 Å². The number of thiophene rings is 1. The van der Waals surface area contributed by atoms with E-state index in [1.165, 1.54) is 40.8 Å². The second-order valence-electron chi connectivity index (χ2n) is 7.85. The highest BCUT2D eigenvalue weighted by Crippen LogP contribution is 2.33. The monoisotopic (exact) mass is 492 g/mol. The first-order valence-corrected chi connectivity index (χ1v) is 12.6. The minimum Gasteiger partial charge on any atom is -0.338 e. The molecule has 0 amide bonds.